The summed E-state index contributed by atoms with van der Waals surface area (Å²) in [7, 11) is 0. The van der Waals surface area contributed by atoms with Crippen molar-refractivity contribution in [1.29, 1.82) is 0 Å². The lowest BCUT2D eigenvalue weighted by atomic mass is 9.80. The van der Waals surface area contributed by atoms with Crippen LogP contribution in [0.15, 0.2) is 43.0 Å². The summed E-state index contributed by atoms with van der Waals surface area (Å²) in [5, 5.41) is 0. The summed E-state index contributed by atoms with van der Waals surface area (Å²) in [5.74, 6) is -0.0744. The Labute approximate surface area is 115 Å². The molecule has 2 rings (SSSR count). The standard InChI is InChI=1S/C16H22N2O/c1-2-11-16(12-7-4-8-13-16)18-17-15(19)14-9-5-3-6-10-14/h2-3,5-6,9-10,18H,1,4,7-8,11-13H2,(H,17,19). The van der Waals surface area contributed by atoms with Gasteiger partial charge < -0.3 is 0 Å². The fourth-order valence-corrected chi connectivity index (χ4v) is 2.74. The van der Waals surface area contributed by atoms with Crippen molar-refractivity contribution >= 4 is 5.91 Å². The van der Waals surface area contributed by atoms with Gasteiger partial charge in [0.15, 0.2) is 0 Å². The van der Waals surface area contributed by atoms with Crippen molar-refractivity contribution in [2.45, 2.75) is 44.1 Å². The molecule has 0 spiro atoms. The molecule has 0 bridgehead atoms. The van der Waals surface area contributed by atoms with Crippen molar-refractivity contribution in [1.82, 2.24) is 10.9 Å². The van der Waals surface area contributed by atoms with Gasteiger partial charge in [-0.25, -0.2) is 5.43 Å². The average Bonchev–Trinajstić information content (AvgIpc) is 2.47. The molecular formula is C16H22N2O. The molecule has 0 radical (unpaired) electrons. The average molecular weight is 258 g/mol. The largest absolute Gasteiger partial charge is 0.287 e. The number of benzene rings is 1. The Kier molecular flexibility index (Phi) is 4.74. The summed E-state index contributed by atoms with van der Waals surface area (Å²) >= 11 is 0. The van der Waals surface area contributed by atoms with Crippen LogP contribution in [-0.4, -0.2) is 11.4 Å². The van der Waals surface area contributed by atoms with E-state index in [2.05, 4.69) is 17.4 Å². The molecule has 0 aromatic heterocycles. The third kappa shape index (κ3) is 3.67. The van der Waals surface area contributed by atoms with Gasteiger partial charge in [0.25, 0.3) is 5.91 Å². The zero-order valence-electron chi connectivity index (χ0n) is 11.3. The topological polar surface area (TPSA) is 41.1 Å². The van der Waals surface area contributed by atoms with Crippen LogP contribution in [0.4, 0.5) is 0 Å². The summed E-state index contributed by atoms with van der Waals surface area (Å²) in [5.41, 5.74) is 6.79. The SMILES string of the molecule is C=CCC1(NNC(=O)c2ccccc2)CCCCC1. The maximum Gasteiger partial charge on any atom is 0.265 e. The van der Waals surface area contributed by atoms with E-state index in [4.69, 9.17) is 0 Å². The first-order valence-electron chi connectivity index (χ1n) is 6.99. The second kappa shape index (κ2) is 6.53. The van der Waals surface area contributed by atoms with Gasteiger partial charge in [-0.3, -0.25) is 10.2 Å². The van der Waals surface area contributed by atoms with E-state index in [1.165, 1.54) is 19.3 Å². The van der Waals surface area contributed by atoms with Gasteiger partial charge >= 0.3 is 0 Å². The molecule has 1 fully saturated rings. The number of nitrogens with one attached hydrogen (secondary N) is 2. The highest BCUT2D eigenvalue weighted by molar-refractivity contribution is 5.93. The second-order valence-electron chi connectivity index (χ2n) is 5.28. The predicted octanol–water partition coefficient (Wildman–Crippen LogP) is 3.20. The lowest BCUT2D eigenvalue weighted by Crippen LogP contribution is -2.55. The molecule has 1 aliphatic carbocycles. The van der Waals surface area contributed by atoms with Crippen molar-refractivity contribution in [2.24, 2.45) is 0 Å². The van der Waals surface area contributed by atoms with Crippen LogP contribution in [0.3, 0.4) is 0 Å². The molecule has 2 N–H and O–H groups in total. The Bertz CT molecular complexity index is 422. The summed E-state index contributed by atoms with van der Waals surface area (Å²) in [6, 6.07) is 9.28. The highest BCUT2D eigenvalue weighted by atomic mass is 16.2. The van der Waals surface area contributed by atoms with Crippen LogP contribution in [0.25, 0.3) is 0 Å². The van der Waals surface area contributed by atoms with Gasteiger partial charge in [-0.1, -0.05) is 43.5 Å². The Hall–Kier alpha value is -1.61. The van der Waals surface area contributed by atoms with E-state index in [9.17, 15) is 4.79 Å². The first-order chi connectivity index (χ1) is 9.26. The molecule has 19 heavy (non-hydrogen) atoms. The monoisotopic (exact) mass is 258 g/mol. The molecule has 0 aliphatic heterocycles. The fourth-order valence-electron chi connectivity index (χ4n) is 2.74. The van der Waals surface area contributed by atoms with E-state index >= 15 is 0 Å². The van der Waals surface area contributed by atoms with Gasteiger partial charge in [-0.15, -0.1) is 6.58 Å². The van der Waals surface area contributed by atoms with Gasteiger partial charge in [-0.05, 0) is 31.4 Å². The Morgan fingerprint density at radius 2 is 1.89 bits per heavy atom. The van der Waals surface area contributed by atoms with Crippen molar-refractivity contribution in [3.63, 3.8) is 0 Å². The minimum Gasteiger partial charge on any atom is -0.287 e. The summed E-state index contributed by atoms with van der Waals surface area (Å²) in [6.07, 6.45) is 8.72. The van der Waals surface area contributed by atoms with Crippen molar-refractivity contribution in [3.05, 3.63) is 48.6 Å². The van der Waals surface area contributed by atoms with Crippen LogP contribution in [0, 0.1) is 0 Å². The zero-order valence-corrected chi connectivity index (χ0v) is 11.3. The summed E-state index contributed by atoms with van der Waals surface area (Å²) in [6.45, 7) is 3.83. The zero-order chi connectivity index (χ0) is 13.6. The van der Waals surface area contributed by atoms with Crippen LogP contribution in [0.2, 0.25) is 0 Å². The van der Waals surface area contributed by atoms with E-state index < -0.39 is 0 Å². The van der Waals surface area contributed by atoms with Crippen molar-refractivity contribution in [3.8, 4) is 0 Å². The molecule has 1 saturated carbocycles. The molecule has 3 heteroatoms. The van der Waals surface area contributed by atoms with E-state index in [1.807, 2.05) is 36.4 Å². The van der Waals surface area contributed by atoms with Gasteiger partial charge in [-0.2, -0.15) is 0 Å². The fraction of sp³-hybridized carbons (Fsp3) is 0.438. The van der Waals surface area contributed by atoms with E-state index in [1.54, 1.807) is 0 Å². The molecule has 0 saturated heterocycles. The number of amides is 1. The molecule has 1 aromatic carbocycles. The quantitative estimate of drug-likeness (QED) is 0.629. The number of hydrogen-bond donors (Lipinski definition) is 2. The van der Waals surface area contributed by atoms with E-state index in [0.717, 1.165) is 19.3 Å². The number of rotatable bonds is 5. The predicted molar refractivity (Wildman–Crippen MR) is 77.7 cm³/mol. The number of hydrazine groups is 1. The van der Waals surface area contributed by atoms with Crippen molar-refractivity contribution in [2.75, 3.05) is 0 Å². The van der Waals surface area contributed by atoms with Gasteiger partial charge in [0.2, 0.25) is 0 Å². The van der Waals surface area contributed by atoms with Crippen LogP contribution >= 0.6 is 0 Å². The molecule has 0 heterocycles. The van der Waals surface area contributed by atoms with Crippen LogP contribution in [0.1, 0.15) is 48.9 Å². The van der Waals surface area contributed by atoms with E-state index in [0.29, 0.717) is 5.56 Å². The minimum absolute atomic E-state index is 0.00948. The molecule has 102 valence electrons. The number of hydrogen-bond acceptors (Lipinski definition) is 2. The smallest absolute Gasteiger partial charge is 0.265 e. The van der Waals surface area contributed by atoms with Crippen LogP contribution in [0.5, 0.6) is 0 Å². The third-order valence-electron chi connectivity index (χ3n) is 3.82. The van der Waals surface area contributed by atoms with Gasteiger partial charge in [0.1, 0.15) is 0 Å². The lowest BCUT2D eigenvalue weighted by molar-refractivity contribution is 0.0884. The summed E-state index contributed by atoms with van der Waals surface area (Å²) in [4.78, 5) is 12.0. The maximum atomic E-state index is 12.0. The maximum absolute atomic E-state index is 12.0. The number of carbonyl (C=O) groups excluding carboxylic acids is 1. The molecular weight excluding hydrogens is 236 g/mol. The normalized spacial score (nSPS) is 17.7. The Morgan fingerprint density at radius 1 is 1.21 bits per heavy atom. The lowest BCUT2D eigenvalue weighted by Gasteiger charge is -2.37. The molecule has 1 aromatic rings. The second-order valence-corrected chi connectivity index (χ2v) is 5.28. The first-order valence-corrected chi connectivity index (χ1v) is 6.99. The Morgan fingerprint density at radius 3 is 2.53 bits per heavy atom. The van der Waals surface area contributed by atoms with Crippen LogP contribution < -0.4 is 10.9 Å². The molecule has 0 atom stereocenters. The minimum atomic E-state index is -0.0744. The highest BCUT2D eigenvalue weighted by Crippen LogP contribution is 2.30. The highest BCUT2D eigenvalue weighted by Gasteiger charge is 2.30. The van der Waals surface area contributed by atoms with Gasteiger partial charge in [0, 0.05) is 11.1 Å². The van der Waals surface area contributed by atoms with Gasteiger partial charge in [0.05, 0.1) is 0 Å². The third-order valence-corrected chi connectivity index (χ3v) is 3.82. The van der Waals surface area contributed by atoms with Crippen molar-refractivity contribution < 1.29 is 4.79 Å². The Balaban J connectivity index is 1.95. The molecule has 3 nitrogen and oxygen atoms in total. The van der Waals surface area contributed by atoms with E-state index in [-0.39, 0.29) is 11.4 Å². The molecule has 1 amide bonds. The van der Waals surface area contributed by atoms with Crippen LogP contribution in [-0.2, 0) is 0 Å². The molecule has 0 unspecified atom stereocenters. The first kappa shape index (κ1) is 13.8. The molecule has 1 aliphatic rings. The summed E-state index contributed by atoms with van der Waals surface area (Å²) < 4.78 is 0. The number of carbonyl (C=O) groups is 1.